The molecule has 0 atom stereocenters. The van der Waals surface area contributed by atoms with Gasteiger partial charge in [0.25, 0.3) is 17.1 Å². The van der Waals surface area contributed by atoms with Crippen molar-refractivity contribution in [2.24, 2.45) is 0 Å². The van der Waals surface area contributed by atoms with Crippen molar-refractivity contribution < 1.29 is 28.6 Å². The summed E-state index contributed by atoms with van der Waals surface area (Å²) in [6.07, 6.45) is 1.61. The van der Waals surface area contributed by atoms with Gasteiger partial charge in [-0.2, -0.15) is 0 Å². The molecular weight excluding hydrogens is 536 g/mol. The van der Waals surface area contributed by atoms with Crippen LogP contribution in [-0.2, 0) is 14.3 Å². The summed E-state index contributed by atoms with van der Waals surface area (Å²) < 4.78 is 16.6. The van der Waals surface area contributed by atoms with E-state index in [9.17, 15) is 14.4 Å². The molecule has 2 aromatic rings. The molecule has 8 nitrogen and oxygen atoms in total. The van der Waals surface area contributed by atoms with E-state index in [0.717, 1.165) is 21.1 Å². The second kappa shape index (κ2) is 11.6. The molecule has 0 aliphatic carbocycles. The lowest BCUT2D eigenvalue weighted by Gasteiger charge is -2.12. The summed E-state index contributed by atoms with van der Waals surface area (Å²) in [5, 5.41) is 2.83. The number of ether oxygens (including phenoxy) is 3. The highest BCUT2D eigenvalue weighted by Crippen LogP contribution is 2.34. The van der Waals surface area contributed by atoms with Gasteiger partial charge in [0.1, 0.15) is 0 Å². The van der Waals surface area contributed by atoms with Crippen molar-refractivity contribution in [1.82, 2.24) is 4.90 Å². The molecule has 0 saturated carbocycles. The van der Waals surface area contributed by atoms with Gasteiger partial charge >= 0.3 is 0 Å². The van der Waals surface area contributed by atoms with E-state index in [4.69, 9.17) is 25.8 Å². The van der Waals surface area contributed by atoms with Crippen LogP contribution in [0.25, 0.3) is 6.08 Å². The van der Waals surface area contributed by atoms with E-state index in [1.807, 2.05) is 0 Å². The summed E-state index contributed by atoms with van der Waals surface area (Å²) in [5.41, 5.74) is 1.18. The number of hydrogen-bond donors (Lipinski definition) is 1. The monoisotopic (exact) mass is 554 g/mol. The van der Waals surface area contributed by atoms with Gasteiger partial charge in [0.15, 0.2) is 18.1 Å². The van der Waals surface area contributed by atoms with Crippen molar-refractivity contribution in [1.29, 1.82) is 0 Å². The van der Waals surface area contributed by atoms with Crippen LogP contribution < -0.4 is 14.8 Å². The lowest BCUT2D eigenvalue weighted by molar-refractivity contribution is -0.123. The third kappa shape index (κ3) is 6.50. The largest absolute Gasteiger partial charge is 0.493 e. The van der Waals surface area contributed by atoms with E-state index in [0.29, 0.717) is 32.7 Å². The van der Waals surface area contributed by atoms with E-state index in [1.165, 1.54) is 14.2 Å². The van der Waals surface area contributed by atoms with Crippen LogP contribution in [0.15, 0.2) is 45.8 Å². The second-order valence-corrected chi connectivity index (χ2v) is 8.96. The molecule has 0 unspecified atom stereocenters. The molecule has 33 heavy (non-hydrogen) atoms. The van der Waals surface area contributed by atoms with E-state index < -0.39 is 0 Å². The average molecular weight is 556 g/mol. The van der Waals surface area contributed by atoms with Crippen LogP contribution in [0.5, 0.6) is 11.5 Å². The molecule has 2 aromatic carbocycles. The van der Waals surface area contributed by atoms with Gasteiger partial charge in [-0.3, -0.25) is 19.3 Å². The first-order chi connectivity index (χ1) is 15.8. The zero-order valence-electron chi connectivity index (χ0n) is 17.7. The third-order valence-corrected chi connectivity index (χ3v) is 6.58. The van der Waals surface area contributed by atoms with Crippen molar-refractivity contribution in [2.45, 2.75) is 0 Å². The maximum atomic E-state index is 12.5. The molecule has 1 aliphatic heterocycles. The zero-order chi connectivity index (χ0) is 24.0. The number of nitrogens with zero attached hydrogens (tertiary/aromatic N) is 1. The van der Waals surface area contributed by atoms with Crippen LogP contribution in [0.2, 0.25) is 5.02 Å². The quantitative estimate of drug-likeness (QED) is 0.444. The van der Waals surface area contributed by atoms with Gasteiger partial charge in [-0.25, -0.2) is 0 Å². The summed E-state index contributed by atoms with van der Waals surface area (Å²) in [4.78, 5) is 38.2. The standard InChI is InChI=1S/C22H20BrClN2O6S/c1-30-8-7-26-21(28)19(33-22(26)29)10-13-3-6-17(18(9-13)31-2)32-12-20(27)25-14-4-5-15(23)16(24)11-14/h3-6,9-11H,7-8,12H2,1-2H3,(H,25,27)/b19-10+. The fraction of sp³-hybridized carbons (Fsp3) is 0.227. The number of halogens is 2. The van der Waals surface area contributed by atoms with Crippen molar-refractivity contribution in [2.75, 3.05) is 39.3 Å². The van der Waals surface area contributed by atoms with Gasteiger partial charge in [-0.1, -0.05) is 17.7 Å². The highest BCUT2D eigenvalue weighted by molar-refractivity contribution is 9.10. The van der Waals surface area contributed by atoms with Crippen LogP contribution >= 0.6 is 39.3 Å². The lowest BCUT2D eigenvalue weighted by atomic mass is 10.2. The van der Waals surface area contributed by atoms with Crippen molar-refractivity contribution in [3.8, 4) is 11.5 Å². The van der Waals surface area contributed by atoms with E-state index >= 15 is 0 Å². The van der Waals surface area contributed by atoms with Crippen LogP contribution in [0.4, 0.5) is 10.5 Å². The molecule has 0 bridgehead atoms. The molecule has 1 N–H and O–H groups in total. The molecule has 0 aromatic heterocycles. The predicted molar refractivity (Wildman–Crippen MR) is 131 cm³/mol. The Morgan fingerprint density at radius 2 is 1.97 bits per heavy atom. The Morgan fingerprint density at radius 3 is 2.67 bits per heavy atom. The fourth-order valence-corrected chi connectivity index (χ4v) is 4.13. The van der Waals surface area contributed by atoms with Crippen molar-refractivity contribution >= 4 is 68.1 Å². The number of hydrogen-bond acceptors (Lipinski definition) is 7. The van der Waals surface area contributed by atoms with Crippen LogP contribution in [0.3, 0.4) is 0 Å². The maximum Gasteiger partial charge on any atom is 0.293 e. The number of amides is 3. The smallest absolute Gasteiger partial charge is 0.293 e. The molecule has 1 fully saturated rings. The Morgan fingerprint density at radius 1 is 1.18 bits per heavy atom. The first-order valence-corrected chi connectivity index (χ1v) is 11.6. The van der Waals surface area contributed by atoms with Crippen molar-refractivity contribution in [3.63, 3.8) is 0 Å². The molecule has 0 radical (unpaired) electrons. The van der Waals surface area contributed by atoms with E-state index in [1.54, 1.807) is 42.5 Å². The second-order valence-electron chi connectivity index (χ2n) is 6.70. The zero-order valence-corrected chi connectivity index (χ0v) is 20.9. The molecule has 3 rings (SSSR count). The Labute approximate surface area is 208 Å². The van der Waals surface area contributed by atoms with Crippen LogP contribution in [0, 0.1) is 0 Å². The van der Waals surface area contributed by atoms with Gasteiger partial charge in [-0.05, 0) is 69.7 Å². The number of methoxy groups -OCH3 is 2. The summed E-state index contributed by atoms with van der Waals surface area (Å²) >= 11 is 10.2. The van der Waals surface area contributed by atoms with Gasteiger partial charge in [0.2, 0.25) is 0 Å². The minimum Gasteiger partial charge on any atom is -0.493 e. The number of anilines is 1. The summed E-state index contributed by atoms with van der Waals surface area (Å²) in [7, 11) is 2.97. The summed E-state index contributed by atoms with van der Waals surface area (Å²) in [6, 6.07) is 10.0. The molecule has 3 amide bonds. The topological polar surface area (TPSA) is 94.2 Å². The maximum absolute atomic E-state index is 12.5. The van der Waals surface area contributed by atoms with Crippen LogP contribution in [0.1, 0.15) is 5.56 Å². The normalized spacial score (nSPS) is 14.7. The number of carbonyl (C=O) groups is 3. The van der Waals surface area contributed by atoms with Gasteiger partial charge in [-0.15, -0.1) is 0 Å². The van der Waals surface area contributed by atoms with E-state index in [-0.39, 0.29) is 36.8 Å². The molecular formula is C22H20BrClN2O6S. The average Bonchev–Trinajstić information content (AvgIpc) is 3.06. The first-order valence-electron chi connectivity index (χ1n) is 9.62. The van der Waals surface area contributed by atoms with Gasteiger partial charge in [0, 0.05) is 17.3 Å². The minimum absolute atomic E-state index is 0.198. The van der Waals surface area contributed by atoms with Crippen LogP contribution in [-0.4, -0.2) is 55.9 Å². The number of imide groups is 1. The fourth-order valence-electron chi connectivity index (χ4n) is 2.83. The number of carbonyl (C=O) groups excluding carboxylic acids is 3. The van der Waals surface area contributed by atoms with Gasteiger partial charge < -0.3 is 19.5 Å². The molecule has 1 aliphatic rings. The lowest BCUT2D eigenvalue weighted by Crippen LogP contribution is -2.31. The first kappa shape index (κ1) is 25.1. The molecule has 11 heteroatoms. The summed E-state index contributed by atoms with van der Waals surface area (Å²) in [5.74, 6) is -0.0102. The highest BCUT2D eigenvalue weighted by atomic mass is 79.9. The SMILES string of the molecule is COCCN1C(=O)S/C(=C/c2ccc(OCC(=O)Nc3ccc(Br)c(Cl)c3)c(OC)c2)C1=O. The number of thioether (sulfide) groups is 1. The number of nitrogens with one attached hydrogen (secondary N) is 1. The summed E-state index contributed by atoms with van der Waals surface area (Å²) in [6.45, 7) is 0.221. The number of benzene rings is 2. The molecule has 174 valence electrons. The highest BCUT2D eigenvalue weighted by Gasteiger charge is 2.34. The Hall–Kier alpha value is -2.53. The van der Waals surface area contributed by atoms with Crippen molar-refractivity contribution in [3.05, 3.63) is 56.4 Å². The van der Waals surface area contributed by atoms with E-state index in [2.05, 4.69) is 21.2 Å². The Kier molecular flexibility index (Phi) is 8.79. The number of rotatable bonds is 9. The minimum atomic E-state index is -0.371. The Balaban J connectivity index is 1.65. The predicted octanol–water partition coefficient (Wildman–Crippen LogP) is 4.81. The molecule has 1 heterocycles. The molecule has 1 saturated heterocycles. The molecule has 0 spiro atoms. The Bertz CT molecular complexity index is 1110. The third-order valence-electron chi connectivity index (χ3n) is 4.44. The van der Waals surface area contributed by atoms with Gasteiger partial charge in [0.05, 0.1) is 30.2 Å².